The summed E-state index contributed by atoms with van der Waals surface area (Å²) >= 11 is 0. The van der Waals surface area contributed by atoms with Crippen LogP contribution in [0.1, 0.15) is 27.2 Å². The highest BCUT2D eigenvalue weighted by Gasteiger charge is 2.19. The third-order valence-corrected chi connectivity index (χ3v) is 1.28. The van der Waals surface area contributed by atoms with Crippen LogP contribution in [0.2, 0.25) is 0 Å². The van der Waals surface area contributed by atoms with E-state index < -0.39 is 12.3 Å². The fourth-order valence-electron chi connectivity index (χ4n) is 0.758. The summed E-state index contributed by atoms with van der Waals surface area (Å²) in [6, 6.07) is 0. The molecule has 0 heterocycles. The SMILES string of the molecule is CCCOC(=O)C(OCC)OCC. The summed E-state index contributed by atoms with van der Waals surface area (Å²) in [6.45, 7) is 6.83. The Balaban J connectivity index is 3.80. The highest BCUT2D eigenvalue weighted by molar-refractivity contribution is 5.73. The summed E-state index contributed by atoms with van der Waals surface area (Å²) in [4.78, 5) is 11.2. The topological polar surface area (TPSA) is 44.8 Å². The van der Waals surface area contributed by atoms with Crippen LogP contribution in [0.4, 0.5) is 0 Å². The summed E-state index contributed by atoms with van der Waals surface area (Å²) in [5.74, 6) is -0.439. The lowest BCUT2D eigenvalue weighted by Crippen LogP contribution is -2.29. The molecule has 0 unspecified atom stereocenters. The number of carbonyl (C=O) groups excluding carboxylic acids is 1. The van der Waals surface area contributed by atoms with Crippen molar-refractivity contribution in [1.29, 1.82) is 0 Å². The standard InChI is InChI=1S/C9H18O4/c1-4-7-13-8(10)9(11-5-2)12-6-3/h9H,4-7H2,1-3H3. The molecule has 0 aliphatic carbocycles. The molecule has 0 aromatic rings. The maximum Gasteiger partial charge on any atom is 0.363 e. The van der Waals surface area contributed by atoms with E-state index in [2.05, 4.69) is 0 Å². The van der Waals surface area contributed by atoms with Crippen LogP contribution < -0.4 is 0 Å². The lowest BCUT2D eigenvalue weighted by Gasteiger charge is -2.14. The van der Waals surface area contributed by atoms with Gasteiger partial charge in [0.05, 0.1) is 6.61 Å². The van der Waals surface area contributed by atoms with Crippen molar-refractivity contribution < 1.29 is 19.0 Å². The van der Waals surface area contributed by atoms with Gasteiger partial charge < -0.3 is 14.2 Å². The molecule has 0 saturated carbocycles. The highest BCUT2D eigenvalue weighted by Crippen LogP contribution is 1.98. The smallest absolute Gasteiger partial charge is 0.363 e. The van der Waals surface area contributed by atoms with Crippen LogP contribution in [0.5, 0.6) is 0 Å². The Hall–Kier alpha value is -0.610. The van der Waals surface area contributed by atoms with Crippen molar-refractivity contribution >= 4 is 5.97 Å². The number of rotatable bonds is 7. The second kappa shape index (κ2) is 8.01. The zero-order valence-electron chi connectivity index (χ0n) is 8.54. The molecule has 4 heteroatoms. The Bertz CT molecular complexity index is 130. The monoisotopic (exact) mass is 190 g/mol. The lowest BCUT2D eigenvalue weighted by molar-refractivity contribution is -0.193. The summed E-state index contributed by atoms with van der Waals surface area (Å²) < 4.78 is 15.0. The van der Waals surface area contributed by atoms with Gasteiger partial charge in [0.15, 0.2) is 0 Å². The molecule has 13 heavy (non-hydrogen) atoms. The van der Waals surface area contributed by atoms with E-state index in [1.54, 1.807) is 13.8 Å². The van der Waals surface area contributed by atoms with Crippen molar-refractivity contribution in [2.45, 2.75) is 33.5 Å². The molecule has 0 aliphatic heterocycles. The van der Waals surface area contributed by atoms with E-state index in [1.165, 1.54) is 0 Å². The Kier molecular flexibility index (Phi) is 7.63. The molecule has 0 bridgehead atoms. The van der Waals surface area contributed by atoms with Gasteiger partial charge in [-0.15, -0.1) is 0 Å². The van der Waals surface area contributed by atoms with Crippen LogP contribution in [0.15, 0.2) is 0 Å². The molecular weight excluding hydrogens is 172 g/mol. The van der Waals surface area contributed by atoms with Crippen LogP contribution in [-0.2, 0) is 19.0 Å². The molecule has 0 fully saturated rings. The molecule has 0 amide bonds. The second-order valence-electron chi connectivity index (χ2n) is 2.41. The normalized spacial score (nSPS) is 10.5. The molecule has 0 radical (unpaired) electrons. The van der Waals surface area contributed by atoms with Crippen LogP contribution in [-0.4, -0.2) is 32.1 Å². The largest absolute Gasteiger partial charge is 0.462 e. The van der Waals surface area contributed by atoms with Gasteiger partial charge in [0.2, 0.25) is 0 Å². The van der Waals surface area contributed by atoms with Crippen molar-refractivity contribution in [3.8, 4) is 0 Å². The minimum absolute atomic E-state index is 0.412. The van der Waals surface area contributed by atoms with Crippen LogP contribution in [0.3, 0.4) is 0 Å². The Morgan fingerprint density at radius 2 is 1.69 bits per heavy atom. The Labute approximate surface area is 79.2 Å². The van der Waals surface area contributed by atoms with Gasteiger partial charge in [-0.1, -0.05) is 6.92 Å². The van der Waals surface area contributed by atoms with Crippen LogP contribution in [0.25, 0.3) is 0 Å². The highest BCUT2D eigenvalue weighted by atomic mass is 16.7. The van der Waals surface area contributed by atoms with Gasteiger partial charge in [0.1, 0.15) is 0 Å². The van der Waals surface area contributed by atoms with Crippen LogP contribution >= 0.6 is 0 Å². The molecular formula is C9H18O4. The summed E-state index contributed by atoms with van der Waals surface area (Å²) in [5, 5.41) is 0. The predicted octanol–water partition coefficient (Wildman–Crippen LogP) is 1.34. The number of esters is 1. The third-order valence-electron chi connectivity index (χ3n) is 1.28. The van der Waals surface area contributed by atoms with E-state index >= 15 is 0 Å². The second-order valence-corrected chi connectivity index (χ2v) is 2.41. The molecule has 0 N–H and O–H groups in total. The zero-order chi connectivity index (χ0) is 10.1. The molecule has 0 atom stereocenters. The average Bonchev–Trinajstić information content (AvgIpc) is 2.14. The Morgan fingerprint density at radius 3 is 2.08 bits per heavy atom. The maximum absolute atomic E-state index is 11.2. The maximum atomic E-state index is 11.2. The fraction of sp³-hybridized carbons (Fsp3) is 0.889. The van der Waals surface area contributed by atoms with Crippen LogP contribution in [0, 0.1) is 0 Å². The van der Waals surface area contributed by atoms with E-state index in [-0.39, 0.29) is 0 Å². The third kappa shape index (κ3) is 5.60. The molecule has 78 valence electrons. The van der Waals surface area contributed by atoms with Gasteiger partial charge in [0, 0.05) is 13.2 Å². The van der Waals surface area contributed by atoms with Crippen molar-refractivity contribution in [1.82, 2.24) is 0 Å². The number of hydrogen-bond acceptors (Lipinski definition) is 4. The van der Waals surface area contributed by atoms with Gasteiger partial charge >= 0.3 is 5.97 Å². The van der Waals surface area contributed by atoms with E-state index in [9.17, 15) is 4.79 Å². The van der Waals surface area contributed by atoms with Crippen molar-refractivity contribution in [3.05, 3.63) is 0 Å². The minimum atomic E-state index is -0.860. The zero-order valence-corrected chi connectivity index (χ0v) is 8.54. The molecule has 0 aromatic heterocycles. The van der Waals surface area contributed by atoms with E-state index in [0.717, 1.165) is 6.42 Å². The fourth-order valence-corrected chi connectivity index (χ4v) is 0.758. The first-order valence-corrected chi connectivity index (χ1v) is 4.66. The summed E-state index contributed by atoms with van der Waals surface area (Å²) in [5.41, 5.74) is 0. The Morgan fingerprint density at radius 1 is 1.15 bits per heavy atom. The minimum Gasteiger partial charge on any atom is -0.462 e. The first kappa shape index (κ1) is 12.4. The van der Waals surface area contributed by atoms with Crippen molar-refractivity contribution in [2.24, 2.45) is 0 Å². The number of hydrogen-bond donors (Lipinski definition) is 0. The summed E-state index contributed by atoms with van der Waals surface area (Å²) in [6.07, 6.45) is -0.0574. The first-order chi connectivity index (χ1) is 6.26. The van der Waals surface area contributed by atoms with Gasteiger partial charge in [-0.2, -0.15) is 0 Å². The molecule has 0 aromatic carbocycles. The number of ether oxygens (including phenoxy) is 3. The van der Waals surface area contributed by atoms with Gasteiger partial charge in [0.25, 0.3) is 6.29 Å². The quantitative estimate of drug-likeness (QED) is 0.449. The number of carbonyl (C=O) groups is 1. The first-order valence-electron chi connectivity index (χ1n) is 4.66. The molecule has 0 aliphatic rings. The van der Waals surface area contributed by atoms with Gasteiger partial charge in [-0.3, -0.25) is 0 Å². The van der Waals surface area contributed by atoms with E-state index in [4.69, 9.17) is 14.2 Å². The summed E-state index contributed by atoms with van der Waals surface area (Å²) in [7, 11) is 0. The molecule has 0 saturated heterocycles. The van der Waals surface area contributed by atoms with Gasteiger partial charge in [-0.25, -0.2) is 4.79 Å². The molecule has 0 rings (SSSR count). The van der Waals surface area contributed by atoms with Crippen molar-refractivity contribution in [2.75, 3.05) is 19.8 Å². The molecule has 4 nitrogen and oxygen atoms in total. The average molecular weight is 190 g/mol. The van der Waals surface area contributed by atoms with Gasteiger partial charge in [-0.05, 0) is 20.3 Å². The predicted molar refractivity (Wildman–Crippen MR) is 48.3 cm³/mol. The lowest BCUT2D eigenvalue weighted by atomic mass is 10.5. The van der Waals surface area contributed by atoms with E-state index in [1.807, 2.05) is 6.92 Å². The molecule has 0 spiro atoms. The van der Waals surface area contributed by atoms with Crippen molar-refractivity contribution in [3.63, 3.8) is 0 Å². The van der Waals surface area contributed by atoms with E-state index in [0.29, 0.717) is 19.8 Å².